The fraction of sp³-hybridized carbons (Fsp3) is 0.696. The van der Waals surface area contributed by atoms with E-state index < -0.39 is 40.1 Å². The van der Waals surface area contributed by atoms with Crippen LogP contribution in [-0.2, 0) is 24.3 Å². The molecule has 206 valence electrons. The molecule has 2 amide bonds. The number of methoxy groups -OCH3 is 1. The summed E-state index contributed by atoms with van der Waals surface area (Å²) in [7, 11) is -2.71. The highest BCUT2D eigenvalue weighted by molar-refractivity contribution is 7.89. The zero-order valence-electron chi connectivity index (χ0n) is 21.1. The molecular formula is C23H35N5O8S. The molecular weight excluding hydrogens is 506 g/mol. The van der Waals surface area contributed by atoms with Gasteiger partial charge >= 0.3 is 6.09 Å². The highest BCUT2D eigenvalue weighted by Gasteiger charge is 2.55. The van der Waals surface area contributed by atoms with Crippen LogP contribution in [0.2, 0.25) is 0 Å². The molecule has 1 aromatic heterocycles. The molecule has 0 aromatic carbocycles. The summed E-state index contributed by atoms with van der Waals surface area (Å²) in [5.41, 5.74) is 1.56. The van der Waals surface area contributed by atoms with Gasteiger partial charge in [0.2, 0.25) is 15.9 Å². The van der Waals surface area contributed by atoms with Gasteiger partial charge in [0.15, 0.2) is 0 Å². The van der Waals surface area contributed by atoms with Gasteiger partial charge in [-0.15, -0.1) is 0 Å². The summed E-state index contributed by atoms with van der Waals surface area (Å²) in [5, 5.41) is 9.39. The zero-order valence-corrected chi connectivity index (χ0v) is 21.9. The first-order valence-electron chi connectivity index (χ1n) is 12.5. The van der Waals surface area contributed by atoms with Crippen LogP contribution in [0.15, 0.2) is 23.2 Å². The predicted molar refractivity (Wildman–Crippen MR) is 129 cm³/mol. The van der Waals surface area contributed by atoms with Crippen molar-refractivity contribution in [2.75, 3.05) is 46.5 Å². The van der Waals surface area contributed by atoms with Gasteiger partial charge in [-0.05, 0) is 38.3 Å². The maximum Gasteiger partial charge on any atom is 0.410 e. The molecule has 3 saturated heterocycles. The van der Waals surface area contributed by atoms with E-state index in [-0.39, 0.29) is 30.8 Å². The molecule has 3 aliphatic heterocycles. The minimum atomic E-state index is -4.18. The number of hydrogen-bond donors (Lipinski definition) is 2. The Labute approximate surface area is 216 Å². The number of piperazine rings is 1. The summed E-state index contributed by atoms with van der Waals surface area (Å²) >= 11 is 0. The first kappa shape index (κ1) is 27.5. The molecule has 2 N–H and O–H groups in total. The summed E-state index contributed by atoms with van der Waals surface area (Å²) in [6, 6.07) is 0.323. The van der Waals surface area contributed by atoms with E-state index in [0.29, 0.717) is 18.7 Å². The summed E-state index contributed by atoms with van der Waals surface area (Å²) < 4.78 is 44.4. The lowest BCUT2D eigenvalue weighted by atomic mass is 10.1. The van der Waals surface area contributed by atoms with Crippen LogP contribution in [0.1, 0.15) is 32.6 Å². The van der Waals surface area contributed by atoms with Crippen molar-refractivity contribution in [3.05, 3.63) is 18.3 Å². The van der Waals surface area contributed by atoms with E-state index in [0.717, 1.165) is 36.8 Å². The smallest absolute Gasteiger partial charge is 0.410 e. The number of amides is 2. The number of hydroxylamine groups is 1. The lowest BCUT2D eigenvalue weighted by Gasteiger charge is -2.44. The molecule has 0 spiro atoms. The van der Waals surface area contributed by atoms with E-state index in [1.54, 1.807) is 5.48 Å². The molecule has 37 heavy (non-hydrogen) atoms. The minimum absolute atomic E-state index is 0.0164. The Morgan fingerprint density at radius 1 is 1.16 bits per heavy atom. The monoisotopic (exact) mass is 541 g/mol. The molecule has 0 saturated carbocycles. The van der Waals surface area contributed by atoms with Gasteiger partial charge in [0, 0.05) is 38.9 Å². The third-order valence-corrected chi connectivity index (χ3v) is 9.13. The van der Waals surface area contributed by atoms with Crippen LogP contribution in [0.3, 0.4) is 0 Å². The topological polar surface area (TPSA) is 151 Å². The van der Waals surface area contributed by atoms with Gasteiger partial charge < -0.3 is 19.1 Å². The van der Waals surface area contributed by atoms with Crippen molar-refractivity contribution < 1.29 is 37.4 Å². The van der Waals surface area contributed by atoms with Crippen molar-refractivity contribution in [3.8, 4) is 5.88 Å². The summed E-state index contributed by atoms with van der Waals surface area (Å²) in [6.45, 7) is 5.12. The Bertz CT molecular complexity index is 1050. The van der Waals surface area contributed by atoms with Crippen molar-refractivity contribution in [1.29, 1.82) is 0 Å². The van der Waals surface area contributed by atoms with Crippen LogP contribution in [0.5, 0.6) is 5.88 Å². The van der Waals surface area contributed by atoms with Gasteiger partial charge in [0.25, 0.3) is 5.91 Å². The number of nitrogens with zero attached hydrogens (tertiary/aromatic N) is 4. The number of sulfonamides is 1. The number of carbonyl (C=O) groups is 2. The average Bonchev–Trinajstić information content (AvgIpc) is 3.22. The molecule has 13 nitrogen and oxygen atoms in total. The van der Waals surface area contributed by atoms with E-state index in [4.69, 9.17) is 14.2 Å². The number of rotatable bonds is 9. The van der Waals surface area contributed by atoms with Crippen molar-refractivity contribution >= 4 is 22.0 Å². The van der Waals surface area contributed by atoms with Crippen molar-refractivity contribution in [2.45, 2.75) is 61.7 Å². The van der Waals surface area contributed by atoms with Gasteiger partial charge in [-0.3, -0.25) is 14.9 Å². The molecule has 4 heterocycles. The maximum atomic E-state index is 13.6. The Hall–Kier alpha value is -2.52. The van der Waals surface area contributed by atoms with E-state index in [2.05, 4.69) is 16.8 Å². The zero-order chi connectivity index (χ0) is 26.6. The molecule has 14 heteroatoms. The lowest BCUT2D eigenvalue weighted by Crippen LogP contribution is -2.66. The van der Waals surface area contributed by atoms with Gasteiger partial charge in [0.1, 0.15) is 23.6 Å². The molecule has 0 aliphatic carbocycles. The third-order valence-electron chi connectivity index (χ3n) is 7.30. The molecule has 3 fully saturated rings. The number of ether oxygens (including phenoxy) is 3. The van der Waals surface area contributed by atoms with E-state index in [1.165, 1.54) is 30.3 Å². The van der Waals surface area contributed by atoms with Crippen molar-refractivity contribution in [3.63, 3.8) is 0 Å². The largest absolute Gasteiger partial charge is 0.474 e. The SMILES string of the molecule is CCN1CCC(Oc2ccc(S(=O)(=O)N3C[C@H]4CC[C@@H]([C@@H]3C(=O)NO)N4C(=O)OCCOC)cn2)CC1. The number of pyridine rings is 1. The highest BCUT2D eigenvalue weighted by atomic mass is 32.2. The summed E-state index contributed by atoms with van der Waals surface area (Å²) in [4.78, 5) is 33.3. The number of likely N-dealkylation sites (tertiary alicyclic amines) is 1. The molecule has 3 aliphatic rings. The van der Waals surface area contributed by atoms with Crippen LogP contribution in [-0.4, -0.2) is 115 Å². The quantitative estimate of drug-likeness (QED) is 0.256. The van der Waals surface area contributed by atoms with Gasteiger partial charge in [-0.2, -0.15) is 4.31 Å². The van der Waals surface area contributed by atoms with Crippen LogP contribution >= 0.6 is 0 Å². The second-order valence-corrected chi connectivity index (χ2v) is 11.3. The van der Waals surface area contributed by atoms with E-state index >= 15 is 0 Å². The molecule has 3 atom stereocenters. The molecule has 1 aromatic rings. The molecule has 0 unspecified atom stereocenters. The van der Waals surface area contributed by atoms with Gasteiger partial charge in [-0.1, -0.05) is 6.92 Å². The Balaban J connectivity index is 1.49. The van der Waals surface area contributed by atoms with E-state index in [9.17, 15) is 23.2 Å². The van der Waals surface area contributed by atoms with E-state index in [1.807, 2.05) is 0 Å². The third kappa shape index (κ3) is 5.82. The molecule has 0 radical (unpaired) electrons. The predicted octanol–water partition coefficient (Wildman–Crippen LogP) is 0.439. The average molecular weight is 542 g/mol. The number of nitrogens with one attached hydrogen (secondary N) is 1. The van der Waals surface area contributed by atoms with Gasteiger partial charge in [0.05, 0.1) is 18.8 Å². The number of carbonyl (C=O) groups excluding carboxylic acids is 2. The van der Waals surface area contributed by atoms with Crippen molar-refractivity contribution in [1.82, 2.24) is 24.6 Å². The number of fused-ring (bicyclic) bond motifs is 2. The molecule has 2 bridgehead atoms. The van der Waals surface area contributed by atoms with Crippen LogP contribution in [0, 0.1) is 0 Å². The number of piperidine rings is 1. The standard InChI is InChI=1S/C23H35N5O8S/c1-3-26-10-8-17(9-11-26)36-20-7-5-18(14-24-20)37(32,33)27-15-16-4-6-19(21(27)22(29)25-31)28(16)23(30)35-13-12-34-2/h5,7,14,16-17,19,21,31H,3-4,6,8-13,15H2,1-2H3,(H,25,29)/t16-,19+,21-/m1/s1. The number of aromatic nitrogens is 1. The maximum absolute atomic E-state index is 13.6. The lowest BCUT2D eigenvalue weighted by molar-refractivity contribution is -0.136. The normalized spacial score (nSPS) is 25.2. The Morgan fingerprint density at radius 2 is 1.92 bits per heavy atom. The van der Waals surface area contributed by atoms with Gasteiger partial charge in [-0.25, -0.2) is 23.7 Å². The van der Waals surface area contributed by atoms with Crippen LogP contribution in [0.25, 0.3) is 0 Å². The fourth-order valence-electron chi connectivity index (χ4n) is 5.34. The second kappa shape index (κ2) is 11.9. The first-order chi connectivity index (χ1) is 17.8. The van der Waals surface area contributed by atoms with Crippen LogP contribution < -0.4 is 10.2 Å². The van der Waals surface area contributed by atoms with Crippen molar-refractivity contribution in [2.24, 2.45) is 0 Å². The highest BCUT2D eigenvalue weighted by Crippen LogP contribution is 2.38. The fourth-order valence-corrected chi connectivity index (χ4v) is 6.94. The summed E-state index contributed by atoms with van der Waals surface area (Å²) in [6.07, 6.45) is 3.20. The Kier molecular flexibility index (Phi) is 8.85. The van der Waals surface area contributed by atoms with Crippen LogP contribution in [0.4, 0.5) is 4.79 Å². The summed E-state index contributed by atoms with van der Waals surface area (Å²) in [5.74, 6) is -0.586. The minimum Gasteiger partial charge on any atom is -0.474 e. The first-order valence-corrected chi connectivity index (χ1v) is 14.0. The molecule has 4 rings (SSSR count). The Morgan fingerprint density at radius 3 is 2.54 bits per heavy atom. The second-order valence-electron chi connectivity index (χ2n) is 9.39. The number of hydrogen-bond acceptors (Lipinski definition) is 10.